The Morgan fingerprint density at radius 1 is 0.279 bits per heavy atom. The molecule has 0 radical (unpaired) electrons. The fourth-order valence-electron chi connectivity index (χ4n) is 2.87. The van der Waals surface area contributed by atoms with Crippen LogP contribution in [0.2, 0.25) is 0 Å². The van der Waals surface area contributed by atoms with Crippen LogP contribution in [-0.2, 0) is 61.6 Å². The lowest BCUT2D eigenvalue weighted by Crippen LogP contribution is -2.15. The first-order chi connectivity index (χ1) is 21.4. The van der Waals surface area contributed by atoms with E-state index in [-0.39, 0.29) is 6.61 Å². The highest BCUT2D eigenvalue weighted by molar-refractivity contribution is 4.63. The van der Waals surface area contributed by atoms with E-state index in [9.17, 15) is 0 Å². The maximum absolute atomic E-state index is 8.57. The van der Waals surface area contributed by atoms with E-state index in [4.69, 9.17) is 66.7 Å². The predicted octanol–water partition coefficient (Wildman–Crippen LogP) is 0.381. The zero-order valence-corrected chi connectivity index (χ0v) is 26.1. The molecule has 0 heterocycles. The van der Waals surface area contributed by atoms with Crippen LogP contribution in [0, 0.1) is 0 Å². The number of hydrogen-bond donors (Lipinski definition) is 1. The Kier molecular flexibility index (Phi) is 40.4. The molecule has 0 amide bonds. The molecule has 43 heavy (non-hydrogen) atoms. The van der Waals surface area contributed by atoms with Crippen LogP contribution in [0.5, 0.6) is 0 Å². The third-order valence-electron chi connectivity index (χ3n) is 4.94. The first-order valence-corrected chi connectivity index (χ1v) is 15.1. The standard InChI is InChI=1S/C29H58O14/c1-2-4-31-6-8-33-10-12-35-14-16-37-18-20-39-22-24-41-26-28-43-29-27-42-25-23-40-21-19-38-17-15-36-13-11-34-9-7-32-5-3-30/h2,30H,1,3-29H2. The molecule has 0 aromatic heterocycles. The molecule has 0 unspecified atom stereocenters. The van der Waals surface area contributed by atoms with Gasteiger partial charge < -0.3 is 66.7 Å². The van der Waals surface area contributed by atoms with Gasteiger partial charge in [0.25, 0.3) is 0 Å². The normalized spacial score (nSPS) is 11.5. The Hall–Kier alpha value is -0.820. The van der Waals surface area contributed by atoms with E-state index in [2.05, 4.69) is 6.58 Å². The first-order valence-electron chi connectivity index (χ1n) is 15.1. The molecule has 0 aromatic carbocycles. The molecule has 258 valence electrons. The highest BCUT2D eigenvalue weighted by atomic mass is 16.6. The molecule has 0 rings (SSSR count). The molecule has 0 saturated carbocycles. The van der Waals surface area contributed by atoms with Gasteiger partial charge in [-0.1, -0.05) is 6.08 Å². The number of rotatable bonds is 40. The molecule has 0 fully saturated rings. The largest absolute Gasteiger partial charge is 0.394 e. The van der Waals surface area contributed by atoms with E-state index in [1.807, 2.05) is 0 Å². The highest BCUT2D eigenvalue weighted by Gasteiger charge is 1.96. The van der Waals surface area contributed by atoms with Crippen LogP contribution in [0.4, 0.5) is 0 Å². The fraction of sp³-hybridized carbons (Fsp3) is 0.931. The van der Waals surface area contributed by atoms with Crippen molar-refractivity contribution in [2.75, 3.05) is 178 Å². The number of aliphatic hydroxyl groups is 1. The molecule has 0 aliphatic carbocycles. The van der Waals surface area contributed by atoms with Crippen LogP contribution in [-0.4, -0.2) is 183 Å². The van der Waals surface area contributed by atoms with Gasteiger partial charge in [-0.3, -0.25) is 0 Å². The lowest BCUT2D eigenvalue weighted by molar-refractivity contribution is -0.0291. The van der Waals surface area contributed by atoms with Crippen LogP contribution in [0.25, 0.3) is 0 Å². The zero-order chi connectivity index (χ0) is 31.0. The van der Waals surface area contributed by atoms with Crippen LogP contribution in [0.3, 0.4) is 0 Å². The van der Waals surface area contributed by atoms with Crippen molar-refractivity contribution in [1.82, 2.24) is 0 Å². The fourth-order valence-corrected chi connectivity index (χ4v) is 2.87. The molecular formula is C29H58O14. The van der Waals surface area contributed by atoms with Gasteiger partial charge >= 0.3 is 0 Å². The first kappa shape index (κ1) is 42.2. The van der Waals surface area contributed by atoms with E-state index in [0.29, 0.717) is 172 Å². The second kappa shape index (κ2) is 41.2. The summed E-state index contributed by atoms with van der Waals surface area (Å²) in [6, 6.07) is 0. The van der Waals surface area contributed by atoms with Crippen LogP contribution >= 0.6 is 0 Å². The summed E-state index contributed by atoms with van der Waals surface area (Å²) in [5.41, 5.74) is 0. The highest BCUT2D eigenvalue weighted by Crippen LogP contribution is 1.87. The average molecular weight is 631 g/mol. The quantitative estimate of drug-likeness (QED) is 0.0737. The molecule has 14 heteroatoms. The maximum Gasteiger partial charge on any atom is 0.0704 e. The molecular weight excluding hydrogens is 572 g/mol. The molecule has 0 bridgehead atoms. The summed E-state index contributed by atoms with van der Waals surface area (Å²) in [6.07, 6.45) is 1.71. The SMILES string of the molecule is C=CCOCCOCCOCCOCCOCCOCCOCCOCCOCCOCCOCCOCCOCCO. The summed E-state index contributed by atoms with van der Waals surface area (Å²) >= 11 is 0. The van der Waals surface area contributed by atoms with Crippen molar-refractivity contribution in [2.24, 2.45) is 0 Å². The lowest BCUT2D eigenvalue weighted by Gasteiger charge is -2.09. The van der Waals surface area contributed by atoms with Crippen molar-refractivity contribution in [2.45, 2.75) is 0 Å². The summed E-state index contributed by atoms with van der Waals surface area (Å²) < 4.78 is 70.0. The minimum atomic E-state index is 0.0248. The molecule has 0 aliphatic rings. The van der Waals surface area contributed by atoms with Gasteiger partial charge in [-0.15, -0.1) is 6.58 Å². The Labute approximate surface area is 258 Å². The van der Waals surface area contributed by atoms with E-state index < -0.39 is 0 Å². The monoisotopic (exact) mass is 630 g/mol. The van der Waals surface area contributed by atoms with E-state index in [1.165, 1.54) is 0 Å². The Bertz CT molecular complexity index is 504. The third kappa shape index (κ3) is 41.2. The molecule has 0 atom stereocenters. The Morgan fingerprint density at radius 2 is 0.442 bits per heavy atom. The van der Waals surface area contributed by atoms with Crippen LogP contribution in [0.1, 0.15) is 0 Å². The van der Waals surface area contributed by atoms with Crippen molar-refractivity contribution in [3.05, 3.63) is 12.7 Å². The molecule has 0 saturated heterocycles. The molecule has 0 spiro atoms. The second-order valence-electron chi connectivity index (χ2n) is 8.44. The van der Waals surface area contributed by atoms with Gasteiger partial charge in [-0.05, 0) is 0 Å². The van der Waals surface area contributed by atoms with Gasteiger partial charge in [-0.2, -0.15) is 0 Å². The summed E-state index contributed by atoms with van der Waals surface area (Å²) in [4.78, 5) is 0. The van der Waals surface area contributed by atoms with Crippen molar-refractivity contribution >= 4 is 0 Å². The van der Waals surface area contributed by atoms with Gasteiger partial charge in [0, 0.05) is 0 Å². The van der Waals surface area contributed by atoms with E-state index in [0.717, 1.165) is 0 Å². The molecule has 0 aromatic rings. The van der Waals surface area contributed by atoms with E-state index in [1.54, 1.807) is 6.08 Å². The van der Waals surface area contributed by atoms with Gasteiger partial charge in [0.05, 0.1) is 178 Å². The molecule has 1 N–H and O–H groups in total. The minimum absolute atomic E-state index is 0.0248. The predicted molar refractivity (Wildman–Crippen MR) is 158 cm³/mol. The topological polar surface area (TPSA) is 140 Å². The van der Waals surface area contributed by atoms with Gasteiger partial charge in [0.2, 0.25) is 0 Å². The van der Waals surface area contributed by atoms with Crippen molar-refractivity contribution in [1.29, 1.82) is 0 Å². The number of ether oxygens (including phenoxy) is 13. The van der Waals surface area contributed by atoms with Crippen molar-refractivity contribution in [3.63, 3.8) is 0 Å². The number of hydrogen-bond acceptors (Lipinski definition) is 14. The third-order valence-corrected chi connectivity index (χ3v) is 4.94. The van der Waals surface area contributed by atoms with Crippen LogP contribution < -0.4 is 0 Å². The maximum atomic E-state index is 8.57. The van der Waals surface area contributed by atoms with Gasteiger partial charge in [0.1, 0.15) is 0 Å². The number of aliphatic hydroxyl groups excluding tert-OH is 1. The minimum Gasteiger partial charge on any atom is -0.394 e. The average Bonchev–Trinajstić information content (AvgIpc) is 3.02. The summed E-state index contributed by atoms with van der Waals surface area (Å²) in [7, 11) is 0. The van der Waals surface area contributed by atoms with E-state index >= 15 is 0 Å². The Morgan fingerprint density at radius 3 is 0.605 bits per heavy atom. The van der Waals surface area contributed by atoms with Crippen molar-refractivity contribution in [3.8, 4) is 0 Å². The summed E-state index contributed by atoms with van der Waals surface area (Å²) in [5, 5.41) is 8.57. The Balaban J connectivity index is 3.03. The zero-order valence-electron chi connectivity index (χ0n) is 26.1. The summed E-state index contributed by atoms with van der Waals surface area (Å²) in [6.45, 7) is 16.8. The van der Waals surface area contributed by atoms with Gasteiger partial charge in [-0.25, -0.2) is 0 Å². The molecule has 0 aliphatic heterocycles. The second-order valence-corrected chi connectivity index (χ2v) is 8.44. The van der Waals surface area contributed by atoms with Crippen LogP contribution in [0.15, 0.2) is 12.7 Å². The van der Waals surface area contributed by atoms with Gasteiger partial charge in [0.15, 0.2) is 0 Å². The summed E-state index contributed by atoms with van der Waals surface area (Å²) in [5.74, 6) is 0. The lowest BCUT2D eigenvalue weighted by atomic mass is 10.6. The van der Waals surface area contributed by atoms with Crippen molar-refractivity contribution < 1.29 is 66.7 Å². The smallest absolute Gasteiger partial charge is 0.0704 e. The molecule has 14 nitrogen and oxygen atoms in total.